The summed E-state index contributed by atoms with van der Waals surface area (Å²) in [5.41, 5.74) is 0.445. The van der Waals surface area contributed by atoms with Crippen molar-refractivity contribution >= 4 is 11.6 Å². The van der Waals surface area contributed by atoms with Crippen LogP contribution in [0.1, 0.15) is 18.4 Å². The van der Waals surface area contributed by atoms with E-state index in [2.05, 4.69) is 22.2 Å². The van der Waals surface area contributed by atoms with Gasteiger partial charge in [-0.25, -0.2) is 4.98 Å². The van der Waals surface area contributed by atoms with E-state index in [1.807, 2.05) is 18.2 Å². The van der Waals surface area contributed by atoms with E-state index in [0.29, 0.717) is 12.4 Å². The molecule has 1 fully saturated rings. The maximum atomic E-state index is 11.3. The molecule has 0 saturated heterocycles. The zero-order chi connectivity index (χ0) is 14.7. The minimum absolute atomic E-state index is 0.108. The van der Waals surface area contributed by atoms with Crippen LogP contribution in [-0.2, 0) is 13.0 Å². The van der Waals surface area contributed by atoms with Gasteiger partial charge in [-0.05, 0) is 30.7 Å². The summed E-state index contributed by atoms with van der Waals surface area (Å²) in [6, 6.07) is 10.3. The fourth-order valence-electron chi connectivity index (χ4n) is 3.46. The Morgan fingerprint density at radius 1 is 1.24 bits per heavy atom. The van der Waals surface area contributed by atoms with Crippen molar-refractivity contribution in [2.45, 2.75) is 31.4 Å². The first-order chi connectivity index (χ1) is 10.2. The quantitative estimate of drug-likeness (QED) is 0.864. The van der Waals surface area contributed by atoms with Gasteiger partial charge in [-0.3, -0.25) is 4.68 Å². The van der Waals surface area contributed by atoms with Gasteiger partial charge in [0.15, 0.2) is 0 Å². The second-order valence-electron chi connectivity index (χ2n) is 5.90. The van der Waals surface area contributed by atoms with Gasteiger partial charge >= 0.3 is 0 Å². The number of alkyl halides is 1. The lowest BCUT2D eigenvalue weighted by atomic mass is 9.81. The molecule has 0 bridgehead atoms. The zero-order valence-electron chi connectivity index (χ0n) is 11.9. The lowest BCUT2D eigenvalue weighted by Crippen LogP contribution is -2.45. The summed E-state index contributed by atoms with van der Waals surface area (Å²) >= 11 is 6.10. The number of rotatable bonds is 5. The van der Waals surface area contributed by atoms with Crippen molar-refractivity contribution in [1.82, 2.24) is 14.8 Å². The first-order valence-corrected chi connectivity index (χ1v) is 7.90. The Labute approximate surface area is 129 Å². The molecular weight excluding hydrogens is 286 g/mol. The van der Waals surface area contributed by atoms with E-state index in [1.165, 1.54) is 11.9 Å². The van der Waals surface area contributed by atoms with Gasteiger partial charge in [-0.1, -0.05) is 30.3 Å². The molecule has 0 unspecified atom stereocenters. The van der Waals surface area contributed by atoms with Crippen molar-refractivity contribution in [1.29, 1.82) is 0 Å². The van der Waals surface area contributed by atoms with Crippen LogP contribution >= 0.6 is 11.6 Å². The summed E-state index contributed by atoms with van der Waals surface area (Å²) < 4.78 is 1.71. The van der Waals surface area contributed by atoms with Gasteiger partial charge in [0.1, 0.15) is 12.7 Å². The highest BCUT2D eigenvalue weighted by atomic mass is 35.5. The van der Waals surface area contributed by atoms with E-state index in [-0.39, 0.29) is 11.8 Å². The molecule has 0 spiro atoms. The van der Waals surface area contributed by atoms with Crippen LogP contribution in [-0.4, -0.2) is 31.4 Å². The van der Waals surface area contributed by atoms with Crippen molar-refractivity contribution in [3.63, 3.8) is 0 Å². The largest absolute Gasteiger partial charge is 0.387 e. The maximum Gasteiger partial charge on any atom is 0.137 e. The molecule has 1 N–H and O–H groups in total. The molecule has 5 heteroatoms. The number of benzene rings is 1. The molecule has 21 heavy (non-hydrogen) atoms. The normalized spacial score (nSPS) is 28.9. The highest BCUT2D eigenvalue weighted by Crippen LogP contribution is 2.44. The summed E-state index contributed by atoms with van der Waals surface area (Å²) in [6.45, 7) is 0.460. The van der Waals surface area contributed by atoms with Crippen LogP contribution in [0.4, 0.5) is 0 Å². The third-order valence-corrected chi connectivity index (χ3v) is 5.04. The number of nitrogens with zero attached hydrogens (tertiary/aromatic N) is 3. The molecular formula is C16H20ClN3O. The molecule has 0 amide bonds. The molecule has 3 rings (SSSR count). The molecule has 4 nitrogen and oxygen atoms in total. The van der Waals surface area contributed by atoms with Crippen LogP contribution in [0.2, 0.25) is 0 Å². The predicted molar refractivity (Wildman–Crippen MR) is 82.1 cm³/mol. The Kier molecular flexibility index (Phi) is 4.27. The van der Waals surface area contributed by atoms with Crippen molar-refractivity contribution < 1.29 is 5.11 Å². The third kappa shape index (κ3) is 2.97. The fourth-order valence-corrected chi connectivity index (χ4v) is 3.88. The van der Waals surface area contributed by atoms with E-state index >= 15 is 0 Å². The lowest BCUT2D eigenvalue weighted by molar-refractivity contribution is -0.0471. The van der Waals surface area contributed by atoms with Crippen molar-refractivity contribution in [3.05, 3.63) is 48.5 Å². The molecule has 1 aliphatic carbocycles. The van der Waals surface area contributed by atoms with Crippen LogP contribution in [0, 0.1) is 11.8 Å². The van der Waals surface area contributed by atoms with E-state index in [9.17, 15) is 5.11 Å². The molecule has 1 aliphatic rings. The van der Waals surface area contributed by atoms with E-state index < -0.39 is 5.60 Å². The van der Waals surface area contributed by atoms with Gasteiger partial charge < -0.3 is 5.11 Å². The summed E-state index contributed by atoms with van der Waals surface area (Å²) in [5.74, 6) is 0.793. The average molecular weight is 306 g/mol. The van der Waals surface area contributed by atoms with Crippen molar-refractivity contribution in [2.75, 3.05) is 5.88 Å². The van der Waals surface area contributed by atoms with Crippen LogP contribution < -0.4 is 0 Å². The second kappa shape index (κ2) is 6.16. The van der Waals surface area contributed by atoms with Gasteiger partial charge in [0.05, 0.1) is 12.1 Å². The molecule has 3 atom stereocenters. The van der Waals surface area contributed by atoms with Gasteiger partial charge in [0.25, 0.3) is 0 Å². The van der Waals surface area contributed by atoms with Gasteiger partial charge in [-0.2, -0.15) is 5.10 Å². The molecule has 112 valence electrons. The Morgan fingerprint density at radius 3 is 2.67 bits per heavy atom. The fraction of sp³-hybridized carbons (Fsp3) is 0.500. The van der Waals surface area contributed by atoms with Crippen LogP contribution in [0.5, 0.6) is 0 Å². The summed E-state index contributed by atoms with van der Waals surface area (Å²) in [6.07, 6.45) is 5.99. The average Bonchev–Trinajstić information content (AvgIpc) is 3.10. The van der Waals surface area contributed by atoms with Crippen molar-refractivity contribution in [2.24, 2.45) is 11.8 Å². The Hall–Kier alpha value is -1.39. The molecule has 1 saturated carbocycles. The molecule has 2 aromatic rings. The third-order valence-electron chi connectivity index (χ3n) is 4.67. The minimum Gasteiger partial charge on any atom is -0.387 e. The molecule has 1 aromatic carbocycles. The number of aromatic nitrogens is 3. The van der Waals surface area contributed by atoms with Gasteiger partial charge in [0, 0.05) is 11.8 Å². The lowest BCUT2D eigenvalue weighted by Gasteiger charge is -2.34. The van der Waals surface area contributed by atoms with E-state index in [0.717, 1.165) is 19.3 Å². The summed E-state index contributed by atoms with van der Waals surface area (Å²) in [7, 11) is 0. The molecule has 1 aromatic heterocycles. The number of hydrogen-bond acceptors (Lipinski definition) is 3. The number of aliphatic hydroxyl groups is 1. The SMILES string of the molecule is O[C@]1(Cn2cncn2)[C@H](CCl)CC[C@@H]1Cc1ccccc1. The monoisotopic (exact) mass is 305 g/mol. The van der Waals surface area contributed by atoms with Gasteiger partial charge in [-0.15, -0.1) is 11.6 Å². The van der Waals surface area contributed by atoms with Crippen LogP contribution in [0.3, 0.4) is 0 Å². The van der Waals surface area contributed by atoms with Crippen LogP contribution in [0.25, 0.3) is 0 Å². The van der Waals surface area contributed by atoms with Gasteiger partial charge in [0.2, 0.25) is 0 Å². The van der Waals surface area contributed by atoms with E-state index in [4.69, 9.17) is 11.6 Å². The molecule has 0 radical (unpaired) electrons. The first-order valence-electron chi connectivity index (χ1n) is 7.37. The Balaban J connectivity index is 1.81. The number of hydrogen-bond donors (Lipinski definition) is 1. The summed E-state index contributed by atoms with van der Waals surface area (Å²) in [5, 5.41) is 15.4. The topological polar surface area (TPSA) is 50.9 Å². The zero-order valence-corrected chi connectivity index (χ0v) is 12.7. The van der Waals surface area contributed by atoms with Crippen LogP contribution in [0.15, 0.2) is 43.0 Å². The Morgan fingerprint density at radius 2 is 2.00 bits per heavy atom. The van der Waals surface area contributed by atoms with E-state index in [1.54, 1.807) is 11.0 Å². The number of halogens is 1. The molecule has 0 aliphatic heterocycles. The molecule has 1 heterocycles. The summed E-state index contributed by atoms with van der Waals surface area (Å²) in [4.78, 5) is 3.96. The Bertz CT molecular complexity index is 560. The highest BCUT2D eigenvalue weighted by Gasteiger charge is 2.48. The first kappa shape index (κ1) is 14.5. The standard InChI is InChI=1S/C16H20ClN3O/c17-9-15-7-6-14(8-13-4-2-1-3-5-13)16(15,21)10-20-12-18-11-19-20/h1-5,11-12,14-15,21H,6-10H2/t14-,15+,16+/m1/s1. The maximum absolute atomic E-state index is 11.3. The smallest absolute Gasteiger partial charge is 0.137 e. The minimum atomic E-state index is -0.814. The second-order valence-corrected chi connectivity index (χ2v) is 6.21. The highest BCUT2D eigenvalue weighted by molar-refractivity contribution is 6.18. The van der Waals surface area contributed by atoms with Crippen molar-refractivity contribution in [3.8, 4) is 0 Å². The predicted octanol–water partition coefficient (Wildman–Crippen LogP) is 2.52.